The van der Waals surface area contributed by atoms with Crippen molar-refractivity contribution in [3.8, 4) is 5.75 Å². The molecule has 0 aromatic heterocycles. The van der Waals surface area contributed by atoms with Crippen LogP contribution in [0.25, 0.3) is 6.08 Å². The maximum Gasteiger partial charge on any atom is 0.337 e. The molecule has 0 unspecified atom stereocenters. The highest BCUT2D eigenvalue weighted by Crippen LogP contribution is 2.20. The van der Waals surface area contributed by atoms with Gasteiger partial charge in [0.2, 0.25) is 0 Å². The molecule has 0 radical (unpaired) electrons. The molecule has 0 heterocycles. The Morgan fingerprint density at radius 1 is 0.783 bits per heavy atom. The van der Waals surface area contributed by atoms with E-state index in [0.29, 0.717) is 16.9 Å². The quantitative estimate of drug-likeness (QED) is 0.0930. The van der Waals surface area contributed by atoms with Gasteiger partial charge in [-0.3, -0.25) is 19.2 Å². The molecule has 10 nitrogen and oxygen atoms in total. The minimum Gasteiger partial charge on any atom is -0.478 e. The summed E-state index contributed by atoms with van der Waals surface area (Å²) in [6, 6.07) is 25.1. The Labute approximate surface area is 275 Å². The van der Waals surface area contributed by atoms with E-state index in [1.165, 1.54) is 37.3 Å². The van der Waals surface area contributed by atoms with Gasteiger partial charge in [-0.2, -0.15) is 0 Å². The average Bonchev–Trinajstić information content (AvgIpc) is 2.99. The highest BCUT2D eigenvalue weighted by atomic mass is 79.9. The third-order valence-corrected chi connectivity index (χ3v) is 6.57. The second-order valence-electron chi connectivity index (χ2n) is 9.72. The molecule has 0 atom stereocenters. The molecular formula is C35H34BrN3O7. The number of carbonyl (C=O) groups excluding carboxylic acids is 4. The highest BCUT2D eigenvalue weighted by Gasteiger charge is 2.14. The first-order valence-corrected chi connectivity index (χ1v) is 14.2. The van der Waals surface area contributed by atoms with Crippen LogP contribution in [0.5, 0.6) is 5.75 Å². The topological polar surface area (TPSA) is 165 Å². The van der Waals surface area contributed by atoms with Gasteiger partial charge in [-0.25, -0.2) is 4.79 Å². The minimum atomic E-state index is -1.12. The number of esters is 1. The lowest BCUT2D eigenvalue weighted by Crippen LogP contribution is -2.31. The Balaban J connectivity index is 0.000000314. The van der Waals surface area contributed by atoms with Gasteiger partial charge < -0.3 is 26.2 Å². The molecule has 238 valence electrons. The third kappa shape index (κ3) is 11.2. The highest BCUT2D eigenvalue weighted by molar-refractivity contribution is 9.10. The zero-order valence-electron chi connectivity index (χ0n) is 24.6. The van der Waals surface area contributed by atoms with Crippen LogP contribution in [0.15, 0.2) is 101 Å². The van der Waals surface area contributed by atoms with Crippen LogP contribution in [-0.4, -0.2) is 34.8 Å². The Hall–Kier alpha value is -5.55. The van der Waals surface area contributed by atoms with Crippen LogP contribution in [0, 0.1) is 13.8 Å². The summed E-state index contributed by atoms with van der Waals surface area (Å²) in [6.07, 6.45) is 1.55. The van der Waals surface area contributed by atoms with E-state index in [-0.39, 0.29) is 30.3 Å². The molecule has 0 spiro atoms. The number of amides is 3. The summed E-state index contributed by atoms with van der Waals surface area (Å²) < 4.78 is 5.75. The fourth-order valence-electron chi connectivity index (χ4n) is 3.77. The number of primary amides is 1. The van der Waals surface area contributed by atoms with Crippen molar-refractivity contribution in [1.82, 2.24) is 5.32 Å². The molecular weight excluding hydrogens is 654 g/mol. The molecule has 4 aromatic rings. The molecule has 4 rings (SSSR count). The third-order valence-electron chi connectivity index (χ3n) is 6.04. The van der Waals surface area contributed by atoms with E-state index in [1.54, 1.807) is 49.4 Å². The number of hydrogen-bond acceptors (Lipinski definition) is 6. The van der Waals surface area contributed by atoms with Gasteiger partial charge in [-0.1, -0.05) is 64.8 Å². The fourth-order valence-corrected chi connectivity index (χ4v) is 4.04. The second-order valence-corrected chi connectivity index (χ2v) is 10.6. The smallest absolute Gasteiger partial charge is 0.337 e. The van der Waals surface area contributed by atoms with Crippen LogP contribution in [0.2, 0.25) is 0 Å². The molecule has 3 amide bonds. The molecule has 4 aromatic carbocycles. The average molecular weight is 689 g/mol. The van der Waals surface area contributed by atoms with Gasteiger partial charge in [0.25, 0.3) is 17.7 Å². The monoisotopic (exact) mass is 687 g/mol. The first kappa shape index (κ1) is 36.6. The number of halogens is 1. The van der Waals surface area contributed by atoms with Gasteiger partial charge in [0, 0.05) is 22.5 Å². The zero-order chi connectivity index (χ0) is 33.1. The number of aromatic carboxylic acids is 1. The fraction of sp³-hybridized carbons (Fsp3) is 0.114. The van der Waals surface area contributed by atoms with Crippen molar-refractivity contribution in [3.63, 3.8) is 0 Å². The lowest BCUT2D eigenvalue weighted by atomic mass is 10.1. The number of nitrogens with one attached hydrogen (secondary N) is 2. The second kappa shape index (κ2) is 17.1. The normalized spacial score (nSPS) is 10.3. The lowest BCUT2D eigenvalue weighted by Gasteiger charge is -2.10. The molecule has 0 aliphatic heterocycles. The van der Waals surface area contributed by atoms with E-state index in [2.05, 4.69) is 26.6 Å². The molecule has 0 saturated carbocycles. The first-order valence-electron chi connectivity index (χ1n) is 13.4. The standard InChI is InChI=1S/C17H15BrN2O2.C17H15NO5.CH4/c1-11-2-4-12(5-3-11)10-15(16(19)21)20-17(22)13-6-8-14(18)9-7-13;1-10-3-8-15(14(9-10)17(21)22)18-16(20)12-4-6-13(7-5-12)23-11(2)19;/h2-10H,1H3,(H2,19,21)(H,20,22);3-9H,1-2H3,(H,18,20)(H,21,22);1H4/b15-10+;;. The molecule has 0 saturated heterocycles. The predicted molar refractivity (Wildman–Crippen MR) is 181 cm³/mol. The largest absolute Gasteiger partial charge is 0.478 e. The number of nitrogens with two attached hydrogens (primary N) is 1. The van der Waals surface area contributed by atoms with Crippen LogP contribution in [0.1, 0.15) is 62.1 Å². The van der Waals surface area contributed by atoms with Gasteiger partial charge in [0.05, 0.1) is 11.3 Å². The molecule has 0 fully saturated rings. The van der Waals surface area contributed by atoms with E-state index in [9.17, 15) is 29.1 Å². The zero-order valence-corrected chi connectivity index (χ0v) is 26.2. The summed E-state index contributed by atoms with van der Waals surface area (Å²) in [6.45, 7) is 5.02. The van der Waals surface area contributed by atoms with Crippen molar-refractivity contribution in [2.45, 2.75) is 28.2 Å². The number of carboxylic acids is 1. The van der Waals surface area contributed by atoms with Crippen molar-refractivity contribution < 1.29 is 33.8 Å². The first-order chi connectivity index (χ1) is 21.3. The van der Waals surface area contributed by atoms with Gasteiger partial charge in [-0.15, -0.1) is 0 Å². The van der Waals surface area contributed by atoms with Crippen molar-refractivity contribution in [2.75, 3.05) is 5.32 Å². The van der Waals surface area contributed by atoms with Crippen LogP contribution in [-0.2, 0) is 9.59 Å². The van der Waals surface area contributed by atoms with Crippen LogP contribution in [0.3, 0.4) is 0 Å². The van der Waals surface area contributed by atoms with Crippen LogP contribution in [0.4, 0.5) is 5.69 Å². The predicted octanol–water partition coefficient (Wildman–Crippen LogP) is 6.52. The molecule has 0 aliphatic rings. The molecule has 46 heavy (non-hydrogen) atoms. The Kier molecular flexibility index (Phi) is 13.6. The minimum absolute atomic E-state index is 0. The van der Waals surface area contributed by atoms with E-state index < -0.39 is 23.8 Å². The van der Waals surface area contributed by atoms with Gasteiger partial charge in [0.15, 0.2) is 0 Å². The number of anilines is 1. The number of rotatable bonds is 8. The lowest BCUT2D eigenvalue weighted by molar-refractivity contribution is -0.131. The van der Waals surface area contributed by atoms with E-state index in [0.717, 1.165) is 21.2 Å². The van der Waals surface area contributed by atoms with E-state index in [1.807, 2.05) is 31.2 Å². The SMILES string of the molecule is C.CC(=O)Oc1ccc(C(=O)Nc2ccc(C)cc2C(=O)O)cc1.Cc1ccc(/C=C(/NC(=O)c2ccc(Br)cc2)C(N)=O)cc1. The van der Waals surface area contributed by atoms with Gasteiger partial charge in [0.1, 0.15) is 11.4 Å². The Morgan fingerprint density at radius 2 is 1.33 bits per heavy atom. The molecule has 0 bridgehead atoms. The van der Waals surface area contributed by atoms with Gasteiger partial charge in [-0.05, 0) is 86.2 Å². The number of aryl methyl sites for hydroxylation is 2. The van der Waals surface area contributed by atoms with Crippen molar-refractivity contribution in [2.24, 2.45) is 5.73 Å². The maximum atomic E-state index is 12.2. The molecule has 0 aliphatic carbocycles. The number of benzene rings is 4. The number of ether oxygens (including phenoxy) is 1. The molecule has 5 N–H and O–H groups in total. The molecule has 11 heteroatoms. The summed E-state index contributed by atoms with van der Waals surface area (Å²) in [5.41, 5.74) is 9.07. The number of hydrogen-bond donors (Lipinski definition) is 4. The van der Waals surface area contributed by atoms with E-state index in [4.69, 9.17) is 10.5 Å². The summed E-state index contributed by atoms with van der Waals surface area (Å²) >= 11 is 3.30. The van der Waals surface area contributed by atoms with Crippen molar-refractivity contribution in [3.05, 3.63) is 135 Å². The number of carboxylic acid groups (broad SMARTS) is 1. The van der Waals surface area contributed by atoms with Crippen LogP contribution >= 0.6 is 15.9 Å². The summed E-state index contributed by atoms with van der Waals surface area (Å²) in [4.78, 5) is 57.9. The summed E-state index contributed by atoms with van der Waals surface area (Å²) in [5, 5.41) is 14.3. The van der Waals surface area contributed by atoms with E-state index >= 15 is 0 Å². The Bertz CT molecular complexity index is 1750. The van der Waals surface area contributed by atoms with Gasteiger partial charge >= 0.3 is 11.9 Å². The van der Waals surface area contributed by atoms with Crippen LogP contribution < -0.4 is 21.1 Å². The maximum absolute atomic E-state index is 12.2. The summed E-state index contributed by atoms with van der Waals surface area (Å²) in [5.74, 6) is -2.76. The number of carbonyl (C=O) groups is 5. The Morgan fingerprint density at radius 3 is 1.87 bits per heavy atom. The van der Waals surface area contributed by atoms with Crippen molar-refractivity contribution in [1.29, 1.82) is 0 Å². The van der Waals surface area contributed by atoms with Crippen molar-refractivity contribution >= 4 is 57.4 Å². The summed E-state index contributed by atoms with van der Waals surface area (Å²) in [7, 11) is 0.